The molecule has 0 aromatic heterocycles. The Morgan fingerprint density at radius 1 is 0.926 bits per heavy atom. The van der Waals surface area contributed by atoms with Crippen molar-refractivity contribution in [2.45, 2.75) is 50.5 Å². The van der Waals surface area contributed by atoms with E-state index in [1.54, 1.807) is 0 Å². The minimum Gasteiger partial charge on any atom is -0.480 e. The Morgan fingerprint density at radius 2 is 1.44 bits per heavy atom. The highest BCUT2D eigenvalue weighted by Crippen LogP contribution is 2.00. The Kier molecular flexibility index (Phi) is 9.92. The van der Waals surface area contributed by atoms with Gasteiger partial charge in [0, 0.05) is 0 Å². The second kappa shape index (κ2) is 11.1. The summed E-state index contributed by atoms with van der Waals surface area (Å²) in [5, 5.41) is 33.7. The molecule has 0 bridgehead atoms. The molecule has 0 aliphatic carbocycles. The average molecular weight is 391 g/mol. The molecule has 5 atom stereocenters. The number of amides is 4. The average Bonchev–Trinajstić information content (AvgIpc) is 2.55. The largest absolute Gasteiger partial charge is 0.480 e. The van der Waals surface area contributed by atoms with Crippen LogP contribution in [0, 0.1) is 0 Å². The third-order valence-electron chi connectivity index (χ3n) is 3.31. The van der Waals surface area contributed by atoms with E-state index in [-0.39, 0.29) is 0 Å². The van der Waals surface area contributed by atoms with Gasteiger partial charge in [0.15, 0.2) is 0 Å². The monoisotopic (exact) mass is 391 g/mol. The number of hydrogen-bond donors (Lipinski definition) is 8. The van der Waals surface area contributed by atoms with Gasteiger partial charge < -0.3 is 42.7 Å². The van der Waals surface area contributed by atoms with Gasteiger partial charge in [-0.05, 0) is 13.8 Å². The first-order valence-corrected chi connectivity index (χ1v) is 7.87. The van der Waals surface area contributed by atoms with Gasteiger partial charge in [0.1, 0.15) is 18.1 Å². The second-order valence-corrected chi connectivity index (χ2v) is 5.83. The van der Waals surface area contributed by atoms with Crippen molar-refractivity contribution in [1.29, 1.82) is 0 Å². The highest BCUT2D eigenvalue weighted by atomic mass is 16.4. The lowest BCUT2D eigenvalue weighted by Crippen LogP contribution is -2.60. The van der Waals surface area contributed by atoms with Gasteiger partial charge in [0.2, 0.25) is 23.6 Å². The van der Waals surface area contributed by atoms with Crippen molar-refractivity contribution in [1.82, 2.24) is 16.0 Å². The number of carbonyl (C=O) groups excluding carboxylic acids is 4. The fourth-order valence-electron chi connectivity index (χ4n) is 1.82. The number of hydrogen-bond acceptors (Lipinski definition) is 8. The lowest BCUT2D eigenvalue weighted by molar-refractivity contribution is -0.144. The molecular weight excluding hydrogens is 366 g/mol. The molecule has 0 saturated heterocycles. The molecule has 4 amide bonds. The number of aliphatic hydroxyl groups is 2. The molecule has 10 N–H and O–H groups in total. The summed E-state index contributed by atoms with van der Waals surface area (Å²) in [5.74, 6) is -5.35. The van der Waals surface area contributed by atoms with Gasteiger partial charge in [-0.2, -0.15) is 0 Å². The minimum absolute atomic E-state index is 0.604. The molecule has 0 fully saturated rings. The molecule has 13 nitrogen and oxygen atoms in total. The summed E-state index contributed by atoms with van der Waals surface area (Å²) in [6, 6.07) is -5.75. The van der Waals surface area contributed by atoms with Gasteiger partial charge >= 0.3 is 5.97 Å². The predicted octanol–water partition coefficient (Wildman–Crippen LogP) is -4.88. The third kappa shape index (κ3) is 8.44. The summed E-state index contributed by atoms with van der Waals surface area (Å²) in [4.78, 5) is 58.1. The molecule has 154 valence electrons. The molecule has 0 saturated carbocycles. The number of rotatable bonds is 11. The molecule has 0 aliphatic heterocycles. The quantitative estimate of drug-likeness (QED) is 0.168. The zero-order valence-electron chi connectivity index (χ0n) is 14.8. The van der Waals surface area contributed by atoms with Crippen molar-refractivity contribution < 1.29 is 39.3 Å². The van der Waals surface area contributed by atoms with Crippen molar-refractivity contribution in [3.8, 4) is 0 Å². The van der Waals surface area contributed by atoms with E-state index in [4.69, 9.17) is 21.7 Å². The summed E-state index contributed by atoms with van der Waals surface area (Å²) in [6.07, 6.45) is -2.08. The van der Waals surface area contributed by atoms with E-state index in [9.17, 15) is 29.1 Å². The SMILES string of the molecule is CC(N)C(=O)NC(CC(N)=O)C(=O)NC(C(=O)NC(CO)C(=O)O)C(C)O. The van der Waals surface area contributed by atoms with Crippen LogP contribution in [0.15, 0.2) is 0 Å². The number of carboxylic acid groups (broad SMARTS) is 1. The molecule has 0 spiro atoms. The van der Waals surface area contributed by atoms with Crippen molar-refractivity contribution in [3.05, 3.63) is 0 Å². The standard InChI is InChI=1S/C14H25N5O8/c1-5(15)11(23)17-7(3-9(16)22)12(24)19-10(6(2)21)13(25)18-8(4-20)14(26)27/h5-8,10,20-21H,3-4,15H2,1-2H3,(H2,16,22)(H,17,23)(H,18,25)(H,19,24)(H,26,27). The van der Waals surface area contributed by atoms with E-state index in [2.05, 4.69) is 10.6 Å². The summed E-state index contributed by atoms with van der Waals surface area (Å²) < 4.78 is 0. The molecule has 13 heteroatoms. The Morgan fingerprint density at radius 3 is 1.81 bits per heavy atom. The molecule has 0 radical (unpaired) electrons. The van der Waals surface area contributed by atoms with E-state index in [1.807, 2.05) is 5.32 Å². The Hall–Kier alpha value is -2.77. The van der Waals surface area contributed by atoms with E-state index in [1.165, 1.54) is 6.92 Å². The van der Waals surface area contributed by atoms with Gasteiger partial charge in [-0.1, -0.05) is 0 Å². The van der Waals surface area contributed by atoms with Crippen molar-refractivity contribution in [2.75, 3.05) is 6.61 Å². The van der Waals surface area contributed by atoms with Crippen LogP contribution in [-0.2, 0) is 24.0 Å². The molecule has 5 unspecified atom stereocenters. The Labute approximate surface area is 154 Å². The molecule has 0 rings (SSSR count). The maximum atomic E-state index is 12.3. The minimum atomic E-state index is -1.66. The number of aliphatic hydroxyl groups excluding tert-OH is 2. The highest BCUT2D eigenvalue weighted by Gasteiger charge is 2.32. The fourth-order valence-corrected chi connectivity index (χ4v) is 1.82. The van der Waals surface area contributed by atoms with Crippen LogP contribution in [-0.4, -0.2) is 81.8 Å². The molecule has 27 heavy (non-hydrogen) atoms. The zero-order valence-corrected chi connectivity index (χ0v) is 14.8. The second-order valence-electron chi connectivity index (χ2n) is 5.83. The van der Waals surface area contributed by atoms with Crippen molar-refractivity contribution in [2.24, 2.45) is 11.5 Å². The lowest BCUT2D eigenvalue weighted by Gasteiger charge is -2.25. The number of nitrogens with two attached hydrogens (primary N) is 2. The normalized spacial score (nSPS) is 16.2. The van der Waals surface area contributed by atoms with E-state index in [0.717, 1.165) is 6.92 Å². The summed E-state index contributed by atoms with van der Waals surface area (Å²) in [5.41, 5.74) is 10.4. The smallest absolute Gasteiger partial charge is 0.328 e. The number of primary amides is 1. The van der Waals surface area contributed by atoms with Crippen molar-refractivity contribution in [3.63, 3.8) is 0 Å². The van der Waals surface area contributed by atoms with Gasteiger partial charge in [-0.25, -0.2) is 4.79 Å². The maximum Gasteiger partial charge on any atom is 0.328 e. The fraction of sp³-hybridized carbons (Fsp3) is 0.643. The maximum absolute atomic E-state index is 12.3. The molecular formula is C14H25N5O8. The topological polar surface area (TPSA) is 234 Å². The van der Waals surface area contributed by atoms with Gasteiger partial charge in [0.05, 0.1) is 25.2 Å². The summed E-state index contributed by atoms with van der Waals surface area (Å²) >= 11 is 0. The van der Waals surface area contributed by atoms with Gasteiger partial charge in [-0.3, -0.25) is 19.2 Å². The molecule has 0 heterocycles. The van der Waals surface area contributed by atoms with E-state index >= 15 is 0 Å². The van der Waals surface area contributed by atoms with Crippen LogP contribution < -0.4 is 27.4 Å². The van der Waals surface area contributed by atoms with Crippen molar-refractivity contribution >= 4 is 29.6 Å². The lowest BCUT2D eigenvalue weighted by atomic mass is 10.1. The van der Waals surface area contributed by atoms with E-state index < -0.39 is 72.9 Å². The van der Waals surface area contributed by atoms with E-state index in [0.29, 0.717) is 0 Å². The zero-order chi connectivity index (χ0) is 21.3. The number of nitrogens with one attached hydrogen (secondary N) is 3. The van der Waals surface area contributed by atoms with Crippen LogP contribution in [0.25, 0.3) is 0 Å². The Bertz CT molecular complexity index is 580. The number of carboxylic acids is 1. The third-order valence-corrected chi connectivity index (χ3v) is 3.31. The predicted molar refractivity (Wildman–Crippen MR) is 89.7 cm³/mol. The van der Waals surface area contributed by atoms with Gasteiger partial charge in [-0.15, -0.1) is 0 Å². The van der Waals surface area contributed by atoms with Gasteiger partial charge in [0.25, 0.3) is 0 Å². The molecule has 0 aliphatic rings. The summed E-state index contributed by atoms with van der Waals surface area (Å²) in [6.45, 7) is 1.56. The number of carbonyl (C=O) groups is 5. The van der Waals surface area contributed by atoms with Crippen LogP contribution in [0.3, 0.4) is 0 Å². The van der Waals surface area contributed by atoms with Crippen LogP contribution in [0.1, 0.15) is 20.3 Å². The molecule has 0 aromatic carbocycles. The number of aliphatic carboxylic acids is 1. The molecule has 0 aromatic rings. The first-order chi connectivity index (χ1) is 12.4. The Balaban J connectivity index is 5.29. The highest BCUT2D eigenvalue weighted by molar-refractivity contribution is 5.96. The first-order valence-electron chi connectivity index (χ1n) is 7.87. The van der Waals surface area contributed by atoms with Crippen LogP contribution in [0.4, 0.5) is 0 Å². The van der Waals surface area contributed by atoms with Crippen LogP contribution >= 0.6 is 0 Å². The van der Waals surface area contributed by atoms with Crippen LogP contribution in [0.5, 0.6) is 0 Å². The first kappa shape index (κ1) is 24.2. The van der Waals surface area contributed by atoms with Crippen LogP contribution in [0.2, 0.25) is 0 Å². The summed E-state index contributed by atoms with van der Waals surface area (Å²) in [7, 11) is 0.